The van der Waals surface area contributed by atoms with Gasteiger partial charge >= 0.3 is 0 Å². The van der Waals surface area contributed by atoms with Gasteiger partial charge in [-0.25, -0.2) is 4.98 Å². The minimum atomic E-state index is 0.383. The topological polar surface area (TPSA) is 39.9 Å². The van der Waals surface area contributed by atoms with Gasteiger partial charge in [0.15, 0.2) is 0 Å². The molecular weight excluding hydrogens is 174 g/mol. The largest absolute Gasteiger partial charge is 0.363 e. The summed E-state index contributed by atoms with van der Waals surface area (Å²) < 4.78 is 0. The lowest BCUT2D eigenvalue weighted by Gasteiger charge is -2.18. The molecular formula is C11H15N3. The van der Waals surface area contributed by atoms with Crippen molar-refractivity contribution in [1.82, 2.24) is 4.98 Å². The summed E-state index contributed by atoms with van der Waals surface area (Å²) in [4.78, 5) is 6.24. The fourth-order valence-electron chi connectivity index (χ4n) is 1.33. The number of hydrogen-bond acceptors (Lipinski definition) is 3. The number of anilines is 1. The van der Waals surface area contributed by atoms with Crippen LogP contribution in [-0.2, 0) is 0 Å². The van der Waals surface area contributed by atoms with Gasteiger partial charge in [0.1, 0.15) is 11.9 Å². The van der Waals surface area contributed by atoms with Gasteiger partial charge in [0, 0.05) is 20.3 Å². The van der Waals surface area contributed by atoms with E-state index in [2.05, 4.69) is 24.9 Å². The zero-order valence-corrected chi connectivity index (χ0v) is 9.07. The Morgan fingerprint density at radius 3 is 2.50 bits per heavy atom. The molecule has 1 aromatic heterocycles. The fraction of sp³-hybridized carbons (Fsp3) is 0.455. The third-order valence-corrected chi connectivity index (χ3v) is 2.07. The van der Waals surface area contributed by atoms with Crippen molar-refractivity contribution >= 4 is 5.82 Å². The molecule has 0 radical (unpaired) electrons. The van der Waals surface area contributed by atoms with Crippen molar-refractivity contribution in [2.75, 3.05) is 19.0 Å². The third-order valence-electron chi connectivity index (χ3n) is 2.07. The molecule has 0 saturated heterocycles. The van der Waals surface area contributed by atoms with E-state index in [1.807, 2.05) is 25.1 Å². The Labute approximate surface area is 85.0 Å². The number of hydrogen-bond donors (Lipinski definition) is 0. The van der Waals surface area contributed by atoms with Crippen molar-refractivity contribution in [2.24, 2.45) is 0 Å². The van der Waals surface area contributed by atoms with E-state index in [9.17, 15) is 0 Å². The summed E-state index contributed by atoms with van der Waals surface area (Å²) in [5.74, 6) is 1.33. The Bertz CT molecular complexity index is 361. The Hall–Kier alpha value is -1.56. The van der Waals surface area contributed by atoms with Crippen LogP contribution < -0.4 is 4.90 Å². The van der Waals surface area contributed by atoms with E-state index in [1.54, 1.807) is 6.20 Å². The predicted molar refractivity (Wildman–Crippen MR) is 57.4 cm³/mol. The molecule has 3 heteroatoms. The number of pyridine rings is 1. The first kappa shape index (κ1) is 10.5. The fourth-order valence-corrected chi connectivity index (χ4v) is 1.33. The minimum Gasteiger partial charge on any atom is -0.363 e. The van der Waals surface area contributed by atoms with E-state index in [4.69, 9.17) is 5.26 Å². The summed E-state index contributed by atoms with van der Waals surface area (Å²) >= 11 is 0. The molecule has 3 nitrogen and oxygen atoms in total. The molecule has 1 aromatic rings. The van der Waals surface area contributed by atoms with Crippen LogP contribution in [0.1, 0.15) is 30.9 Å². The average Bonchev–Trinajstić information content (AvgIpc) is 2.16. The molecule has 0 fully saturated rings. The van der Waals surface area contributed by atoms with Crippen LogP contribution in [0.5, 0.6) is 0 Å². The summed E-state index contributed by atoms with van der Waals surface area (Å²) in [6, 6.07) is 4.02. The SMILES string of the molecule is CC(C)c1cc(C#N)cnc1N(C)C. The molecule has 0 saturated carbocycles. The molecule has 0 atom stereocenters. The van der Waals surface area contributed by atoms with Gasteiger partial charge in [-0.3, -0.25) is 0 Å². The zero-order chi connectivity index (χ0) is 10.7. The molecule has 0 aliphatic carbocycles. The normalized spacial score (nSPS) is 10.0. The lowest BCUT2D eigenvalue weighted by molar-refractivity contribution is 0.845. The van der Waals surface area contributed by atoms with Gasteiger partial charge in [-0.15, -0.1) is 0 Å². The molecule has 0 N–H and O–H groups in total. The van der Waals surface area contributed by atoms with Gasteiger partial charge in [-0.1, -0.05) is 13.8 Å². The maximum Gasteiger partial charge on any atom is 0.131 e. The van der Waals surface area contributed by atoms with Crippen molar-refractivity contribution in [3.63, 3.8) is 0 Å². The lowest BCUT2D eigenvalue weighted by Crippen LogP contribution is -2.14. The van der Waals surface area contributed by atoms with Crippen LogP contribution in [0.15, 0.2) is 12.3 Å². The van der Waals surface area contributed by atoms with E-state index in [-0.39, 0.29) is 0 Å². The molecule has 1 heterocycles. The number of rotatable bonds is 2. The minimum absolute atomic E-state index is 0.383. The van der Waals surface area contributed by atoms with Crippen molar-refractivity contribution in [1.29, 1.82) is 5.26 Å². The molecule has 0 bridgehead atoms. The molecule has 0 amide bonds. The summed E-state index contributed by atoms with van der Waals surface area (Å²) in [5, 5.41) is 8.77. The van der Waals surface area contributed by atoms with E-state index in [1.165, 1.54) is 0 Å². The Morgan fingerprint density at radius 1 is 1.43 bits per heavy atom. The Balaban J connectivity index is 3.26. The molecule has 0 aliphatic rings. The highest BCUT2D eigenvalue weighted by Gasteiger charge is 2.10. The number of nitrogens with zero attached hydrogens (tertiary/aromatic N) is 3. The maximum absolute atomic E-state index is 8.77. The van der Waals surface area contributed by atoms with Crippen molar-refractivity contribution in [3.05, 3.63) is 23.4 Å². The smallest absolute Gasteiger partial charge is 0.131 e. The highest BCUT2D eigenvalue weighted by atomic mass is 15.1. The molecule has 0 aliphatic heterocycles. The van der Waals surface area contributed by atoms with E-state index in [0.29, 0.717) is 11.5 Å². The van der Waals surface area contributed by atoms with Crippen LogP contribution in [0.2, 0.25) is 0 Å². The average molecular weight is 189 g/mol. The predicted octanol–water partition coefficient (Wildman–Crippen LogP) is 2.14. The van der Waals surface area contributed by atoms with Crippen LogP contribution in [0, 0.1) is 11.3 Å². The molecule has 0 spiro atoms. The number of aromatic nitrogens is 1. The van der Waals surface area contributed by atoms with Gasteiger partial charge in [0.25, 0.3) is 0 Å². The van der Waals surface area contributed by atoms with Crippen LogP contribution >= 0.6 is 0 Å². The molecule has 0 aromatic carbocycles. The first-order chi connectivity index (χ1) is 6.56. The summed E-state index contributed by atoms with van der Waals surface area (Å²) in [6.07, 6.45) is 1.61. The molecule has 0 unspecified atom stereocenters. The van der Waals surface area contributed by atoms with Gasteiger partial charge in [0.05, 0.1) is 5.56 Å². The van der Waals surface area contributed by atoms with Gasteiger partial charge < -0.3 is 4.90 Å². The first-order valence-corrected chi connectivity index (χ1v) is 4.63. The Morgan fingerprint density at radius 2 is 2.07 bits per heavy atom. The zero-order valence-electron chi connectivity index (χ0n) is 9.07. The van der Waals surface area contributed by atoms with Gasteiger partial charge in [-0.2, -0.15) is 5.26 Å². The second kappa shape index (κ2) is 4.10. The Kier molecular flexibility index (Phi) is 3.08. The number of nitriles is 1. The highest BCUT2D eigenvalue weighted by molar-refractivity contribution is 5.50. The van der Waals surface area contributed by atoms with Crippen LogP contribution in [-0.4, -0.2) is 19.1 Å². The monoisotopic (exact) mass is 189 g/mol. The van der Waals surface area contributed by atoms with Gasteiger partial charge in [0.2, 0.25) is 0 Å². The van der Waals surface area contributed by atoms with Crippen LogP contribution in [0.4, 0.5) is 5.82 Å². The second-order valence-corrected chi connectivity index (χ2v) is 3.80. The summed E-state index contributed by atoms with van der Waals surface area (Å²) in [7, 11) is 3.92. The van der Waals surface area contributed by atoms with E-state index < -0.39 is 0 Å². The highest BCUT2D eigenvalue weighted by Crippen LogP contribution is 2.24. The van der Waals surface area contributed by atoms with Gasteiger partial charge in [-0.05, 0) is 17.5 Å². The quantitative estimate of drug-likeness (QED) is 0.715. The third kappa shape index (κ3) is 2.02. The van der Waals surface area contributed by atoms with Crippen molar-refractivity contribution in [3.8, 4) is 6.07 Å². The van der Waals surface area contributed by atoms with E-state index in [0.717, 1.165) is 11.4 Å². The second-order valence-electron chi connectivity index (χ2n) is 3.80. The van der Waals surface area contributed by atoms with E-state index >= 15 is 0 Å². The van der Waals surface area contributed by atoms with Crippen molar-refractivity contribution in [2.45, 2.75) is 19.8 Å². The first-order valence-electron chi connectivity index (χ1n) is 4.63. The van der Waals surface area contributed by atoms with Crippen LogP contribution in [0.25, 0.3) is 0 Å². The van der Waals surface area contributed by atoms with Crippen LogP contribution in [0.3, 0.4) is 0 Å². The standard InChI is InChI=1S/C11H15N3/c1-8(2)10-5-9(6-12)7-13-11(10)14(3)4/h5,7-8H,1-4H3. The summed E-state index contributed by atoms with van der Waals surface area (Å²) in [5.41, 5.74) is 1.74. The van der Waals surface area contributed by atoms with Crippen molar-refractivity contribution < 1.29 is 0 Å². The molecule has 1 rings (SSSR count). The molecule has 14 heavy (non-hydrogen) atoms. The summed E-state index contributed by atoms with van der Waals surface area (Å²) in [6.45, 7) is 4.20. The lowest BCUT2D eigenvalue weighted by atomic mass is 10.0. The molecule has 74 valence electrons. The maximum atomic E-state index is 8.77.